The molecule has 0 saturated carbocycles. The molecule has 0 spiro atoms. The molecule has 36 heavy (non-hydrogen) atoms. The van der Waals surface area contributed by atoms with Gasteiger partial charge in [0.25, 0.3) is 5.69 Å². The fraction of sp³-hybridized carbons (Fsp3) is 0.138. The van der Waals surface area contributed by atoms with Crippen LogP contribution in [0, 0.1) is 10.1 Å². The number of carbonyl (C=O) groups is 1. The largest absolute Gasteiger partial charge is 0.441 e. The van der Waals surface area contributed by atoms with Gasteiger partial charge in [-0.25, -0.2) is 4.79 Å². The van der Waals surface area contributed by atoms with Crippen LogP contribution in [0.1, 0.15) is 16.7 Å². The van der Waals surface area contributed by atoms with Crippen molar-refractivity contribution < 1.29 is 19.2 Å². The molecule has 1 aliphatic rings. The minimum Gasteiger partial charge on any atom is -0.441 e. The summed E-state index contributed by atoms with van der Waals surface area (Å²) in [5, 5.41) is 11.2. The summed E-state index contributed by atoms with van der Waals surface area (Å²) in [5.74, 6) is 0. The van der Waals surface area contributed by atoms with Crippen LogP contribution in [-0.2, 0) is 15.1 Å². The zero-order chi connectivity index (χ0) is 25.0. The lowest BCUT2D eigenvalue weighted by molar-refractivity contribution is -0.384. The Kier molecular flexibility index (Phi) is 6.47. The molecule has 0 radical (unpaired) electrons. The van der Waals surface area contributed by atoms with E-state index in [0.29, 0.717) is 5.69 Å². The van der Waals surface area contributed by atoms with Crippen LogP contribution in [0.2, 0.25) is 0 Å². The molecule has 1 aliphatic heterocycles. The molecule has 4 aromatic rings. The molecule has 1 amide bonds. The summed E-state index contributed by atoms with van der Waals surface area (Å²) in [6, 6.07) is 35.8. The fourth-order valence-corrected chi connectivity index (χ4v) is 4.58. The number of cyclic esters (lactones) is 1. The van der Waals surface area contributed by atoms with Crippen molar-refractivity contribution in [1.82, 2.24) is 0 Å². The van der Waals surface area contributed by atoms with E-state index in [2.05, 4.69) is 0 Å². The summed E-state index contributed by atoms with van der Waals surface area (Å²) in [6.45, 7) is 0.338. The molecule has 7 nitrogen and oxygen atoms in total. The van der Waals surface area contributed by atoms with Crippen molar-refractivity contribution >= 4 is 17.5 Å². The first kappa shape index (κ1) is 23.3. The highest BCUT2D eigenvalue weighted by molar-refractivity contribution is 5.90. The topological polar surface area (TPSA) is 81.9 Å². The van der Waals surface area contributed by atoms with Gasteiger partial charge in [0.05, 0.1) is 23.8 Å². The number of amides is 1. The number of ether oxygens (including phenoxy) is 2. The highest BCUT2D eigenvalue weighted by Gasteiger charge is 2.40. The lowest BCUT2D eigenvalue weighted by atomic mass is 9.80. The third kappa shape index (κ3) is 4.44. The number of hydrogen-bond donors (Lipinski definition) is 0. The Bertz CT molecular complexity index is 1250. The molecule has 4 aromatic carbocycles. The van der Waals surface area contributed by atoms with Crippen LogP contribution in [0.4, 0.5) is 16.2 Å². The second kappa shape index (κ2) is 10.0. The van der Waals surface area contributed by atoms with E-state index in [4.69, 9.17) is 9.47 Å². The Morgan fingerprint density at radius 3 is 1.86 bits per heavy atom. The maximum absolute atomic E-state index is 12.7. The number of carbonyl (C=O) groups excluding carboxylic acids is 1. The van der Waals surface area contributed by atoms with E-state index < -0.39 is 22.7 Å². The molecular weight excluding hydrogens is 456 g/mol. The van der Waals surface area contributed by atoms with Gasteiger partial charge >= 0.3 is 6.09 Å². The van der Waals surface area contributed by atoms with Crippen molar-refractivity contribution in [3.63, 3.8) is 0 Å². The van der Waals surface area contributed by atoms with Gasteiger partial charge in [0.2, 0.25) is 0 Å². The summed E-state index contributed by atoms with van der Waals surface area (Å²) in [6.07, 6.45) is -1.12. The number of anilines is 1. The summed E-state index contributed by atoms with van der Waals surface area (Å²) >= 11 is 0. The van der Waals surface area contributed by atoms with Gasteiger partial charge in [0.15, 0.2) is 0 Å². The number of nitro groups is 1. The first-order chi connectivity index (χ1) is 17.6. The number of rotatable bonds is 8. The molecule has 5 rings (SSSR count). The van der Waals surface area contributed by atoms with E-state index >= 15 is 0 Å². The van der Waals surface area contributed by atoms with Crippen LogP contribution in [0.5, 0.6) is 0 Å². The summed E-state index contributed by atoms with van der Waals surface area (Å²) in [4.78, 5) is 24.8. The van der Waals surface area contributed by atoms with E-state index in [9.17, 15) is 14.9 Å². The maximum Gasteiger partial charge on any atom is 0.414 e. The van der Waals surface area contributed by atoms with E-state index in [1.54, 1.807) is 12.1 Å². The van der Waals surface area contributed by atoms with Crippen molar-refractivity contribution in [2.45, 2.75) is 11.7 Å². The SMILES string of the molecule is O=C1OC(COC(c2ccccc2)(c2ccccc2)c2ccccc2)CN1c1cccc([N+](=O)[O-])c1. The molecule has 0 aromatic heterocycles. The van der Waals surface area contributed by atoms with Crippen LogP contribution in [0.15, 0.2) is 115 Å². The molecule has 0 bridgehead atoms. The first-order valence-electron chi connectivity index (χ1n) is 11.6. The van der Waals surface area contributed by atoms with Crippen LogP contribution >= 0.6 is 0 Å². The van der Waals surface area contributed by atoms with E-state index in [-0.39, 0.29) is 18.8 Å². The molecular formula is C29H24N2O5. The molecule has 0 N–H and O–H groups in total. The van der Waals surface area contributed by atoms with Crippen LogP contribution in [0.25, 0.3) is 0 Å². The van der Waals surface area contributed by atoms with Crippen molar-refractivity contribution in [3.8, 4) is 0 Å². The van der Waals surface area contributed by atoms with Crippen LogP contribution in [0.3, 0.4) is 0 Å². The number of benzene rings is 4. The van der Waals surface area contributed by atoms with E-state index in [1.165, 1.54) is 17.0 Å². The van der Waals surface area contributed by atoms with Crippen LogP contribution in [-0.4, -0.2) is 30.3 Å². The maximum atomic E-state index is 12.7. The molecule has 0 aliphatic carbocycles. The summed E-state index contributed by atoms with van der Waals surface area (Å²) in [5.41, 5.74) is 2.23. The van der Waals surface area contributed by atoms with Crippen molar-refractivity contribution in [3.05, 3.63) is 142 Å². The molecule has 1 heterocycles. The van der Waals surface area contributed by atoms with Crippen molar-refractivity contribution in [2.75, 3.05) is 18.1 Å². The van der Waals surface area contributed by atoms with Gasteiger partial charge in [-0.05, 0) is 22.8 Å². The van der Waals surface area contributed by atoms with Gasteiger partial charge in [-0.2, -0.15) is 0 Å². The minimum absolute atomic E-state index is 0.0868. The van der Waals surface area contributed by atoms with Gasteiger partial charge in [-0.3, -0.25) is 15.0 Å². The lowest BCUT2D eigenvalue weighted by Crippen LogP contribution is -2.36. The molecule has 1 atom stereocenters. The quantitative estimate of drug-likeness (QED) is 0.177. The molecule has 1 saturated heterocycles. The Balaban J connectivity index is 1.47. The van der Waals surface area contributed by atoms with Crippen LogP contribution < -0.4 is 4.90 Å². The van der Waals surface area contributed by atoms with Gasteiger partial charge in [-0.15, -0.1) is 0 Å². The lowest BCUT2D eigenvalue weighted by Gasteiger charge is -2.36. The first-order valence-corrected chi connectivity index (χ1v) is 11.6. The van der Waals surface area contributed by atoms with Gasteiger partial charge < -0.3 is 9.47 Å². The molecule has 7 heteroatoms. The third-order valence-electron chi connectivity index (χ3n) is 6.25. The van der Waals surface area contributed by atoms with E-state index in [0.717, 1.165) is 16.7 Å². The third-order valence-corrected chi connectivity index (χ3v) is 6.25. The second-order valence-electron chi connectivity index (χ2n) is 8.48. The number of nitrogens with zero attached hydrogens (tertiary/aromatic N) is 2. The van der Waals surface area contributed by atoms with Gasteiger partial charge in [0.1, 0.15) is 11.7 Å². The number of hydrogen-bond acceptors (Lipinski definition) is 5. The number of nitro benzene ring substituents is 1. The standard InChI is InChI=1S/C29H24N2O5/c32-28-30(25-17-10-18-26(19-25)31(33)34)20-27(36-28)21-35-29(22-11-4-1-5-12-22,23-13-6-2-7-14-23)24-15-8-3-9-16-24/h1-19,27H,20-21H2. The average molecular weight is 481 g/mol. The Morgan fingerprint density at radius 1 is 0.833 bits per heavy atom. The highest BCUT2D eigenvalue weighted by atomic mass is 16.6. The highest BCUT2D eigenvalue weighted by Crippen LogP contribution is 2.41. The van der Waals surface area contributed by atoms with Crippen molar-refractivity contribution in [1.29, 1.82) is 0 Å². The molecule has 1 fully saturated rings. The second-order valence-corrected chi connectivity index (χ2v) is 8.48. The zero-order valence-corrected chi connectivity index (χ0v) is 19.4. The predicted octanol–water partition coefficient (Wildman–Crippen LogP) is 5.93. The molecule has 1 unspecified atom stereocenters. The predicted molar refractivity (Wildman–Crippen MR) is 136 cm³/mol. The summed E-state index contributed by atoms with van der Waals surface area (Å²) in [7, 11) is 0. The Morgan fingerprint density at radius 2 is 1.36 bits per heavy atom. The average Bonchev–Trinajstić information content (AvgIpc) is 3.31. The normalized spacial score (nSPS) is 15.5. The van der Waals surface area contributed by atoms with Gasteiger partial charge in [-0.1, -0.05) is 97.1 Å². The van der Waals surface area contributed by atoms with Crippen molar-refractivity contribution in [2.24, 2.45) is 0 Å². The summed E-state index contributed by atoms with van der Waals surface area (Å²) < 4.78 is 12.4. The minimum atomic E-state index is -0.935. The smallest absolute Gasteiger partial charge is 0.414 e. The fourth-order valence-electron chi connectivity index (χ4n) is 4.58. The Labute approximate surface area is 208 Å². The molecule has 180 valence electrons. The van der Waals surface area contributed by atoms with Gasteiger partial charge in [0, 0.05) is 12.1 Å². The Hall–Kier alpha value is -4.49. The monoisotopic (exact) mass is 480 g/mol. The van der Waals surface area contributed by atoms with E-state index in [1.807, 2.05) is 91.0 Å². The number of non-ortho nitro benzene ring substituents is 1. The zero-order valence-electron chi connectivity index (χ0n) is 19.4.